The van der Waals surface area contributed by atoms with Crippen molar-refractivity contribution in [2.75, 3.05) is 13.1 Å². The van der Waals surface area contributed by atoms with E-state index in [1.807, 2.05) is 10.9 Å². The van der Waals surface area contributed by atoms with E-state index in [0.29, 0.717) is 13.1 Å². The summed E-state index contributed by atoms with van der Waals surface area (Å²) in [5.41, 5.74) is 0. The Kier molecular flexibility index (Phi) is 2.86. The van der Waals surface area contributed by atoms with Crippen LogP contribution in [0.3, 0.4) is 0 Å². The Hall–Kier alpha value is -1.70. The topological polar surface area (TPSA) is 79.7 Å². The summed E-state index contributed by atoms with van der Waals surface area (Å²) >= 11 is 3.37. The average Bonchev–Trinajstić information content (AvgIpc) is 3.09. The maximum Gasteiger partial charge on any atom is 0.291 e. The van der Waals surface area contributed by atoms with Crippen LogP contribution in [0.1, 0.15) is 23.1 Å². The second-order valence-corrected chi connectivity index (χ2v) is 5.08. The number of aromatic amines is 1. The average molecular weight is 311 g/mol. The Labute approximate surface area is 111 Å². The van der Waals surface area contributed by atoms with E-state index in [-0.39, 0.29) is 17.8 Å². The van der Waals surface area contributed by atoms with E-state index in [2.05, 4.69) is 36.2 Å². The van der Waals surface area contributed by atoms with Gasteiger partial charge < -0.3 is 4.90 Å². The molecule has 3 heterocycles. The maximum atomic E-state index is 12.0. The lowest BCUT2D eigenvalue weighted by molar-refractivity contribution is 0.0775. The molecule has 1 saturated heterocycles. The third-order valence-electron chi connectivity index (χ3n) is 3.01. The minimum Gasteiger partial charge on any atom is -0.334 e. The summed E-state index contributed by atoms with van der Waals surface area (Å²) in [6, 6.07) is 0.225. The molecule has 0 bridgehead atoms. The smallest absolute Gasteiger partial charge is 0.291 e. The zero-order valence-electron chi connectivity index (χ0n) is 9.45. The molecule has 2 aromatic rings. The first-order valence-electron chi connectivity index (χ1n) is 5.58. The summed E-state index contributed by atoms with van der Waals surface area (Å²) in [6.45, 7) is 1.36. The number of carbonyl (C=O) groups excluding carboxylic acids is 1. The molecule has 8 heteroatoms. The van der Waals surface area contributed by atoms with Crippen LogP contribution in [-0.4, -0.2) is 48.9 Å². The molecule has 2 aromatic heterocycles. The molecule has 3 rings (SSSR count). The van der Waals surface area contributed by atoms with Gasteiger partial charge in [-0.15, -0.1) is 0 Å². The molecule has 1 aliphatic heterocycles. The minimum absolute atomic E-state index is 0.110. The predicted octanol–water partition coefficient (Wildman–Crippen LogP) is 0.851. The summed E-state index contributed by atoms with van der Waals surface area (Å²) in [6.07, 6.45) is 5.91. The summed E-state index contributed by atoms with van der Waals surface area (Å²) < 4.78 is 2.83. The number of amides is 1. The van der Waals surface area contributed by atoms with E-state index >= 15 is 0 Å². The summed E-state index contributed by atoms with van der Waals surface area (Å²) in [5.74, 6) is 0.179. The van der Waals surface area contributed by atoms with Crippen LogP contribution in [0.25, 0.3) is 0 Å². The second-order valence-electron chi connectivity index (χ2n) is 4.17. The van der Waals surface area contributed by atoms with Gasteiger partial charge in [0.15, 0.2) is 0 Å². The van der Waals surface area contributed by atoms with E-state index < -0.39 is 0 Å². The van der Waals surface area contributed by atoms with E-state index in [4.69, 9.17) is 0 Å². The number of halogens is 1. The quantitative estimate of drug-likeness (QED) is 0.892. The van der Waals surface area contributed by atoms with Gasteiger partial charge in [-0.1, -0.05) is 0 Å². The SMILES string of the molecule is O=C(c1ncn[nH]1)N1CCC(n2cc(Br)cn2)C1. The molecule has 1 amide bonds. The first-order valence-corrected chi connectivity index (χ1v) is 6.37. The highest BCUT2D eigenvalue weighted by Gasteiger charge is 2.29. The fourth-order valence-corrected chi connectivity index (χ4v) is 2.42. The Morgan fingerprint density at radius 3 is 3.11 bits per heavy atom. The van der Waals surface area contributed by atoms with Crippen LogP contribution in [0, 0.1) is 0 Å². The lowest BCUT2D eigenvalue weighted by atomic mass is 10.3. The van der Waals surface area contributed by atoms with Crippen molar-refractivity contribution in [3.05, 3.63) is 29.0 Å². The van der Waals surface area contributed by atoms with Gasteiger partial charge >= 0.3 is 0 Å². The monoisotopic (exact) mass is 310 g/mol. The number of nitrogens with one attached hydrogen (secondary N) is 1. The molecule has 1 fully saturated rings. The van der Waals surface area contributed by atoms with E-state index in [0.717, 1.165) is 10.9 Å². The van der Waals surface area contributed by atoms with Crippen molar-refractivity contribution in [1.82, 2.24) is 29.9 Å². The van der Waals surface area contributed by atoms with Crippen LogP contribution in [0.15, 0.2) is 23.2 Å². The van der Waals surface area contributed by atoms with Crippen LogP contribution in [0.2, 0.25) is 0 Å². The van der Waals surface area contributed by atoms with Gasteiger partial charge in [0, 0.05) is 19.3 Å². The molecule has 0 saturated carbocycles. The summed E-state index contributed by atoms with van der Waals surface area (Å²) in [4.78, 5) is 17.7. The highest BCUT2D eigenvalue weighted by molar-refractivity contribution is 9.10. The number of aromatic nitrogens is 5. The molecule has 1 atom stereocenters. The standard InChI is InChI=1S/C10H11BrN6O/c11-7-3-14-17(4-7)8-1-2-16(5-8)10(18)9-12-6-13-15-9/h3-4,6,8H,1-2,5H2,(H,12,13,15). The van der Waals surface area contributed by atoms with Crippen molar-refractivity contribution in [3.63, 3.8) is 0 Å². The van der Waals surface area contributed by atoms with Crippen LogP contribution in [-0.2, 0) is 0 Å². The molecular formula is C10H11BrN6O. The van der Waals surface area contributed by atoms with Gasteiger partial charge in [0.1, 0.15) is 6.33 Å². The lowest BCUT2D eigenvalue weighted by Gasteiger charge is -2.14. The first kappa shape index (κ1) is 11.4. The Morgan fingerprint density at radius 1 is 1.56 bits per heavy atom. The number of hydrogen-bond donors (Lipinski definition) is 1. The second kappa shape index (κ2) is 4.52. The van der Waals surface area contributed by atoms with Crippen molar-refractivity contribution in [2.45, 2.75) is 12.5 Å². The Morgan fingerprint density at radius 2 is 2.44 bits per heavy atom. The van der Waals surface area contributed by atoms with Crippen LogP contribution in [0.5, 0.6) is 0 Å². The van der Waals surface area contributed by atoms with Gasteiger partial charge in [-0.2, -0.15) is 10.2 Å². The van der Waals surface area contributed by atoms with Crippen molar-refractivity contribution >= 4 is 21.8 Å². The van der Waals surface area contributed by atoms with Gasteiger partial charge in [0.25, 0.3) is 5.91 Å². The fraction of sp³-hybridized carbons (Fsp3) is 0.400. The van der Waals surface area contributed by atoms with Crippen LogP contribution in [0.4, 0.5) is 0 Å². The zero-order chi connectivity index (χ0) is 12.5. The van der Waals surface area contributed by atoms with Crippen LogP contribution < -0.4 is 0 Å². The van der Waals surface area contributed by atoms with Crippen molar-refractivity contribution in [1.29, 1.82) is 0 Å². The highest BCUT2D eigenvalue weighted by atomic mass is 79.9. The molecule has 1 aliphatic rings. The fourth-order valence-electron chi connectivity index (χ4n) is 2.12. The van der Waals surface area contributed by atoms with Gasteiger partial charge in [0.05, 0.1) is 16.7 Å². The van der Waals surface area contributed by atoms with Gasteiger partial charge in [-0.25, -0.2) is 4.98 Å². The maximum absolute atomic E-state index is 12.0. The number of nitrogens with zero attached hydrogens (tertiary/aromatic N) is 5. The molecule has 7 nitrogen and oxygen atoms in total. The Balaban J connectivity index is 1.70. The molecule has 0 radical (unpaired) electrons. The number of rotatable bonds is 2. The molecule has 18 heavy (non-hydrogen) atoms. The normalized spacial score (nSPS) is 19.4. The minimum atomic E-state index is -0.110. The lowest BCUT2D eigenvalue weighted by Crippen LogP contribution is -2.30. The largest absolute Gasteiger partial charge is 0.334 e. The van der Waals surface area contributed by atoms with Crippen LogP contribution >= 0.6 is 15.9 Å². The predicted molar refractivity (Wildman–Crippen MR) is 65.9 cm³/mol. The first-order chi connectivity index (χ1) is 8.74. The molecule has 0 aliphatic carbocycles. The Bertz CT molecular complexity index is 550. The molecular weight excluding hydrogens is 300 g/mol. The number of H-pyrrole nitrogens is 1. The highest BCUT2D eigenvalue weighted by Crippen LogP contribution is 2.23. The number of likely N-dealkylation sites (tertiary alicyclic amines) is 1. The molecule has 0 spiro atoms. The zero-order valence-corrected chi connectivity index (χ0v) is 11.0. The van der Waals surface area contributed by atoms with Gasteiger partial charge in [0.2, 0.25) is 5.82 Å². The molecule has 1 unspecified atom stereocenters. The number of hydrogen-bond acceptors (Lipinski definition) is 4. The van der Waals surface area contributed by atoms with Crippen molar-refractivity contribution in [3.8, 4) is 0 Å². The molecule has 94 valence electrons. The summed E-state index contributed by atoms with van der Waals surface area (Å²) in [7, 11) is 0. The van der Waals surface area contributed by atoms with Crippen molar-refractivity contribution < 1.29 is 4.79 Å². The molecule has 1 N–H and O–H groups in total. The van der Waals surface area contributed by atoms with Crippen molar-refractivity contribution in [2.24, 2.45) is 0 Å². The van der Waals surface area contributed by atoms with E-state index in [1.165, 1.54) is 6.33 Å². The third kappa shape index (κ3) is 2.03. The van der Waals surface area contributed by atoms with Gasteiger partial charge in [-0.05, 0) is 22.4 Å². The van der Waals surface area contributed by atoms with E-state index in [9.17, 15) is 4.79 Å². The number of carbonyl (C=O) groups is 1. The van der Waals surface area contributed by atoms with Gasteiger partial charge in [-0.3, -0.25) is 14.6 Å². The molecule has 0 aromatic carbocycles. The van der Waals surface area contributed by atoms with E-state index in [1.54, 1.807) is 11.1 Å². The third-order valence-corrected chi connectivity index (χ3v) is 3.42. The summed E-state index contributed by atoms with van der Waals surface area (Å²) in [5, 5.41) is 10.5.